The summed E-state index contributed by atoms with van der Waals surface area (Å²) in [4.78, 5) is 6.81. The predicted octanol–water partition coefficient (Wildman–Crippen LogP) is 3.30. The average Bonchev–Trinajstić information content (AvgIpc) is 3.14. The van der Waals surface area contributed by atoms with Gasteiger partial charge in [0, 0.05) is 39.7 Å². The smallest absolute Gasteiger partial charge is 0.193 e. The normalized spacial score (nSPS) is 17.7. The maximum Gasteiger partial charge on any atom is 0.193 e. The number of ether oxygens (including phenoxy) is 2. The van der Waals surface area contributed by atoms with Gasteiger partial charge in [0.2, 0.25) is 0 Å². The van der Waals surface area contributed by atoms with Crippen molar-refractivity contribution in [1.29, 1.82) is 0 Å². The first-order valence-corrected chi connectivity index (χ1v) is 10.2. The highest BCUT2D eigenvalue weighted by Crippen LogP contribution is 2.17. The quantitative estimate of drug-likeness (QED) is 0.387. The van der Waals surface area contributed by atoms with Gasteiger partial charge in [-0.15, -0.1) is 0 Å². The highest BCUT2D eigenvalue weighted by atomic mass is 16.5. The van der Waals surface area contributed by atoms with E-state index >= 15 is 0 Å². The third kappa shape index (κ3) is 7.51. The molecule has 1 N–H and O–H groups in total. The van der Waals surface area contributed by atoms with E-state index in [0.717, 1.165) is 51.5 Å². The van der Waals surface area contributed by atoms with Crippen molar-refractivity contribution in [2.75, 3.05) is 53.6 Å². The Morgan fingerprint density at radius 3 is 2.70 bits per heavy atom. The first-order chi connectivity index (χ1) is 13.1. The number of rotatable bonds is 10. The third-order valence-electron chi connectivity index (χ3n) is 5.15. The van der Waals surface area contributed by atoms with E-state index in [0.29, 0.717) is 25.0 Å². The van der Waals surface area contributed by atoms with Crippen molar-refractivity contribution in [3.8, 4) is 0 Å². The summed E-state index contributed by atoms with van der Waals surface area (Å²) in [6.07, 6.45) is 3.37. The van der Waals surface area contributed by atoms with Gasteiger partial charge in [-0.25, -0.2) is 0 Å². The van der Waals surface area contributed by atoms with Crippen LogP contribution in [0, 0.1) is 5.92 Å². The van der Waals surface area contributed by atoms with Crippen LogP contribution in [0.4, 0.5) is 0 Å². The SMILES string of the molecule is CN=C(NCCCc1ccc(C(C)C)cc1)N1CCC(COCCOC)C1. The Labute approximate surface area is 165 Å². The largest absolute Gasteiger partial charge is 0.382 e. The summed E-state index contributed by atoms with van der Waals surface area (Å²) in [5.74, 6) is 2.20. The van der Waals surface area contributed by atoms with Crippen LogP contribution in [0.5, 0.6) is 0 Å². The van der Waals surface area contributed by atoms with Crippen LogP contribution in [0.1, 0.15) is 43.7 Å². The zero-order valence-corrected chi connectivity index (χ0v) is 17.5. The van der Waals surface area contributed by atoms with E-state index < -0.39 is 0 Å². The molecule has 1 saturated heterocycles. The van der Waals surface area contributed by atoms with Gasteiger partial charge in [0.25, 0.3) is 0 Å². The van der Waals surface area contributed by atoms with E-state index in [4.69, 9.17) is 9.47 Å². The molecule has 0 aliphatic carbocycles. The molecule has 1 aliphatic heterocycles. The fourth-order valence-electron chi connectivity index (χ4n) is 3.45. The summed E-state index contributed by atoms with van der Waals surface area (Å²) in [7, 11) is 3.58. The van der Waals surface area contributed by atoms with Crippen LogP contribution in [0.2, 0.25) is 0 Å². The van der Waals surface area contributed by atoms with Crippen molar-refractivity contribution in [2.24, 2.45) is 10.9 Å². The lowest BCUT2D eigenvalue weighted by molar-refractivity contribution is 0.0536. The maximum atomic E-state index is 5.68. The molecule has 1 fully saturated rings. The number of hydrogen-bond donors (Lipinski definition) is 1. The molecule has 1 aliphatic rings. The molecular weight excluding hydrogens is 338 g/mol. The summed E-state index contributed by atoms with van der Waals surface area (Å²) < 4.78 is 10.7. The number of methoxy groups -OCH3 is 1. The second-order valence-electron chi connectivity index (χ2n) is 7.64. The number of benzene rings is 1. The van der Waals surface area contributed by atoms with E-state index in [1.165, 1.54) is 11.1 Å². The highest BCUT2D eigenvalue weighted by Gasteiger charge is 2.24. The van der Waals surface area contributed by atoms with E-state index in [-0.39, 0.29) is 0 Å². The van der Waals surface area contributed by atoms with Crippen LogP contribution in [0.3, 0.4) is 0 Å². The predicted molar refractivity (Wildman–Crippen MR) is 113 cm³/mol. The number of nitrogens with zero attached hydrogens (tertiary/aromatic N) is 2. The molecule has 0 amide bonds. The number of aryl methyl sites for hydroxylation is 1. The van der Waals surface area contributed by atoms with Gasteiger partial charge < -0.3 is 19.7 Å². The van der Waals surface area contributed by atoms with E-state index in [9.17, 15) is 0 Å². The second-order valence-corrected chi connectivity index (χ2v) is 7.64. The molecule has 1 unspecified atom stereocenters. The Morgan fingerprint density at radius 1 is 1.26 bits per heavy atom. The van der Waals surface area contributed by atoms with Crippen molar-refractivity contribution in [3.05, 3.63) is 35.4 Å². The van der Waals surface area contributed by atoms with Crippen LogP contribution in [-0.2, 0) is 15.9 Å². The minimum atomic E-state index is 0.583. The van der Waals surface area contributed by atoms with Crippen molar-refractivity contribution in [2.45, 2.75) is 39.0 Å². The van der Waals surface area contributed by atoms with Gasteiger partial charge in [-0.1, -0.05) is 38.1 Å². The Morgan fingerprint density at radius 2 is 2.04 bits per heavy atom. The molecule has 1 heterocycles. The van der Waals surface area contributed by atoms with Gasteiger partial charge in [0.1, 0.15) is 0 Å². The molecule has 2 rings (SSSR count). The summed E-state index contributed by atoms with van der Waals surface area (Å²) >= 11 is 0. The van der Waals surface area contributed by atoms with Gasteiger partial charge in [-0.2, -0.15) is 0 Å². The highest BCUT2D eigenvalue weighted by molar-refractivity contribution is 5.80. The van der Waals surface area contributed by atoms with E-state index in [1.807, 2.05) is 7.05 Å². The molecule has 152 valence electrons. The van der Waals surface area contributed by atoms with Gasteiger partial charge in [-0.3, -0.25) is 4.99 Å². The molecule has 5 nitrogen and oxygen atoms in total. The molecule has 0 saturated carbocycles. The summed E-state index contributed by atoms with van der Waals surface area (Å²) in [5, 5.41) is 3.52. The zero-order valence-electron chi connectivity index (χ0n) is 17.5. The van der Waals surface area contributed by atoms with Crippen LogP contribution < -0.4 is 5.32 Å². The number of likely N-dealkylation sites (tertiary alicyclic amines) is 1. The molecular formula is C22H37N3O2. The summed E-state index contributed by atoms with van der Waals surface area (Å²) in [6.45, 7) is 9.64. The Balaban J connectivity index is 1.65. The molecule has 1 aromatic rings. The van der Waals surface area contributed by atoms with Crippen LogP contribution in [0.15, 0.2) is 29.3 Å². The maximum absolute atomic E-state index is 5.68. The molecule has 0 bridgehead atoms. The average molecular weight is 376 g/mol. The third-order valence-corrected chi connectivity index (χ3v) is 5.15. The fraction of sp³-hybridized carbons (Fsp3) is 0.682. The van der Waals surface area contributed by atoms with Crippen molar-refractivity contribution < 1.29 is 9.47 Å². The molecule has 0 spiro atoms. The van der Waals surface area contributed by atoms with Gasteiger partial charge in [-0.05, 0) is 36.3 Å². The van der Waals surface area contributed by atoms with Gasteiger partial charge in [0.15, 0.2) is 5.96 Å². The van der Waals surface area contributed by atoms with E-state index in [2.05, 4.69) is 53.3 Å². The second kappa shape index (κ2) is 12.0. The Hall–Kier alpha value is -1.59. The lowest BCUT2D eigenvalue weighted by Crippen LogP contribution is -2.40. The molecule has 5 heteroatoms. The van der Waals surface area contributed by atoms with Crippen LogP contribution >= 0.6 is 0 Å². The molecule has 27 heavy (non-hydrogen) atoms. The topological polar surface area (TPSA) is 46.1 Å². The van der Waals surface area contributed by atoms with Crippen molar-refractivity contribution in [3.63, 3.8) is 0 Å². The molecule has 0 aromatic heterocycles. The molecule has 1 aromatic carbocycles. The van der Waals surface area contributed by atoms with E-state index in [1.54, 1.807) is 7.11 Å². The zero-order chi connectivity index (χ0) is 19.5. The lowest BCUT2D eigenvalue weighted by atomic mass is 10.0. The number of aliphatic imine (C=N–C) groups is 1. The minimum absolute atomic E-state index is 0.583. The Bertz CT molecular complexity index is 557. The van der Waals surface area contributed by atoms with Gasteiger partial charge in [0.05, 0.1) is 19.8 Å². The Kier molecular flexibility index (Phi) is 9.64. The number of nitrogens with one attached hydrogen (secondary N) is 1. The minimum Gasteiger partial charge on any atom is -0.382 e. The lowest BCUT2D eigenvalue weighted by Gasteiger charge is -2.21. The number of guanidine groups is 1. The summed E-state index contributed by atoms with van der Waals surface area (Å²) in [5.41, 5.74) is 2.82. The van der Waals surface area contributed by atoms with Crippen molar-refractivity contribution >= 4 is 5.96 Å². The number of hydrogen-bond acceptors (Lipinski definition) is 3. The van der Waals surface area contributed by atoms with Gasteiger partial charge >= 0.3 is 0 Å². The first kappa shape index (κ1) is 21.7. The van der Waals surface area contributed by atoms with Crippen LogP contribution in [0.25, 0.3) is 0 Å². The fourth-order valence-corrected chi connectivity index (χ4v) is 3.45. The molecule has 1 atom stereocenters. The van der Waals surface area contributed by atoms with Crippen molar-refractivity contribution in [1.82, 2.24) is 10.2 Å². The summed E-state index contributed by atoms with van der Waals surface area (Å²) in [6, 6.07) is 9.04. The van der Waals surface area contributed by atoms with Crippen LogP contribution in [-0.4, -0.2) is 64.5 Å². The molecule has 0 radical (unpaired) electrons. The monoisotopic (exact) mass is 375 g/mol. The standard InChI is InChI=1S/C22H37N3O2/c1-18(2)21-9-7-19(8-10-21)6-5-12-24-22(23-3)25-13-11-20(16-25)17-27-15-14-26-4/h7-10,18,20H,5-6,11-17H2,1-4H3,(H,23,24). The first-order valence-electron chi connectivity index (χ1n) is 10.2.